The van der Waals surface area contributed by atoms with Gasteiger partial charge in [0, 0.05) is 12.8 Å². The Morgan fingerprint density at radius 3 is 1.62 bits per heavy atom. The minimum atomic E-state index is -1.19. The molecule has 0 aliphatic carbocycles. The third-order valence-corrected chi connectivity index (χ3v) is 7.17. The number of carboxylic acids is 1. The highest BCUT2D eigenvalue weighted by molar-refractivity contribution is 5.94. The Bertz CT molecular complexity index is 1080. The zero-order valence-corrected chi connectivity index (χ0v) is 23.2. The Morgan fingerprint density at radius 1 is 0.692 bits per heavy atom. The van der Waals surface area contributed by atoms with E-state index >= 15 is 0 Å². The first-order valence-corrected chi connectivity index (χ1v) is 13.5. The third kappa shape index (κ3) is 9.83. The van der Waals surface area contributed by atoms with Crippen LogP contribution in [0.15, 0.2) is 60.7 Å². The van der Waals surface area contributed by atoms with Crippen LogP contribution < -0.4 is 21.7 Å². The Labute approximate surface area is 230 Å². The predicted octanol–water partition coefficient (Wildman–Crippen LogP) is 2.43. The summed E-state index contributed by atoms with van der Waals surface area (Å²) < 4.78 is 0. The van der Waals surface area contributed by atoms with Crippen LogP contribution in [0.1, 0.15) is 51.7 Å². The summed E-state index contributed by atoms with van der Waals surface area (Å²) in [5, 5.41) is 17.9. The molecular formula is C30H42N4O5. The van der Waals surface area contributed by atoms with Crippen LogP contribution in [-0.4, -0.2) is 53.0 Å². The highest BCUT2D eigenvalue weighted by Crippen LogP contribution is 2.13. The summed E-state index contributed by atoms with van der Waals surface area (Å²) in [7, 11) is 0. The van der Waals surface area contributed by atoms with E-state index in [4.69, 9.17) is 5.73 Å². The maximum absolute atomic E-state index is 13.5. The molecule has 6 N–H and O–H groups in total. The summed E-state index contributed by atoms with van der Waals surface area (Å²) in [6.45, 7) is 7.55. The van der Waals surface area contributed by atoms with Crippen LogP contribution >= 0.6 is 0 Å². The molecule has 0 heterocycles. The van der Waals surface area contributed by atoms with E-state index in [1.54, 1.807) is 24.3 Å². The first-order chi connectivity index (χ1) is 18.6. The smallest absolute Gasteiger partial charge is 0.326 e. The van der Waals surface area contributed by atoms with Gasteiger partial charge in [0.05, 0.1) is 6.04 Å². The molecule has 0 aliphatic rings. The van der Waals surface area contributed by atoms with Crippen LogP contribution in [0.25, 0.3) is 0 Å². The number of carbonyl (C=O) groups excluding carboxylic acids is 3. The maximum atomic E-state index is 13.5. The number of carboxylic acid groups (broad SMARTS) is 1. The summed E-state index contributed by atoms with van der Waals surface area (Å²) in [6, 6.07) is 14.2. The fourth-order valence-electron chi connectivity index (χ4n) is 4.11. The first kappa shape index (κ1) is 31.5. The number of hydrogen-bond donors (Lipinski definition) is 5. The van der Waals surface area contributed by atoms with E-state index in [1.165, 1.54) is 0 Å². The van der Waals surface area contributed by atoms with Gasteiger partial charge < -0.3 is 26.8 Å². The van der Waals surface area contributed by atoms with Crippen molar-refractivity contribution < 1.29 is 24.3 Å². The number of benzene rings is 2. The van der Waals surface area contributed by atoms with Crippen LogP contribution in [0.2, 0.25) is 0 Å². The van der Waals surface area contributed by atoms with Crippen LogP contribution in [0, 0.1) is 11.8 Å². The highest BCUT2D eigenvalue weighted by Gasteiger charge is 2.33. The molecule has 212 valence electrons. The fourth-order valence-corrected chi connectivity index (χ4v) is 4.11. The van der Waals surface area contributed by atoms with E-state index in [9.17, 15) is 24.3 Å². The fraction of sp³-hybridized carbons (Fsp3) is 0.467. The van der Waals surface area contributed by atoms with Gasteiger partial charge in [-0.2, -0.15) is 0 Å². The van der Waals surface area contributed by atoms with Crippen LogP contribution in [0.5, 0.6) is 0 Å². The maximum Gasteiger partial charge on any atom is 0.326 e. The van der Waals surface area contributed by atoms with Crippen molar-refractivity contribution in [3.05, 3.63) is 71.8 Å². The topological polar surface area (TPSA) is 151 Å². The lowest BCUT2D eigenvalue weighted by Gasteiger charge is -2.29. The standard InChI is InChI=1S/C30H42N4O5/c1-5-19(3)25(31)28(36)34-26(20(4)6-2)29(37)32-23(17-21-13-9-7-10-14-21)27(35)33-24(30(38)39)18-22-15-11-8-12-16-22/h7-16,19-20,23-26H,5-6,17-18,31H2,1-4H3,(H,32,37)(H,33,35)(H,34,36)(H,38,39). The van der Waals surface area contributed by atoms with E-state index in [-0.39, 0.29) is 24.7 Å². The second-order valence-corrected chi connectivity index (χ2v) is 10.1. The van der Waals surface area contributed by atoms with E-state index in [0.29, 0.717) is 12.8 Å². The van der Waals surface area contributed by atoms with Crippen molar-refractivity contribution in [1.29, 1.82) is 0 Å². The average molecular weight is 539 g/mol. The SMILES string of the molecule is CCC(C)C(N)C(=O)NC(C(=O)NC(Cc1ccccc1)C(=O)NC(Cc1ccccc1)C(=O)O)C(C)CC. The van der Waals surface area contributed by atoms with E-state index < -0.39 is 47.9 Å². The third-order valence-electron chi connectivity index (χ3n) is 7.17. The second-order valence-electron chi connectivity index (χ2n) is 10.1. The predicted molar refractivity (Wildman–Crippen MR) is 151 cm³/mol. The molecular weight excluding hydrogens is 496 g/mol. The molecule has 39 heavy (non-hydrogen) atoms. The molecule has 0 aliphatic heterocycles. The molecule has 2 aromatic carbocycles. The van der Waals surface area contributed by atoms with Gasteiger partial charge in [-0.3, -0.25) is 14.4 Å². The number of hydrogen-bond acceptors (Lipinski definition) is 5. The monoisotopic (exact) mass is 538 g/mol. The number of amides is 3. The molecule has 6 atom stereocenters. The van der Waals surface area contributed by atoms with E-state index in [0.717, 1.165) is 11.1 Å². The number of nitrogens with two attached hydrogens (primary N) is 1. The molecule has 2 rings (SSSR count). The van der Waals surface area contributed by atoms with Crippen molar-refractivity contribution >= 4 is 23.7 Å². The number of rotatable bonds is 15. The lowest BCUT2D eigenvalue weighted by atomic mass is 9.95. The van der Waals surface area contributed by atoms with Gasteiger partial charge in [0.25, 0.3) is 0 Å². The van der Waals surface area contributed by atoms with Crippen molar-refractivity contribution in [2.75, 3.05) is 0 Å². The molecule has 0 spiro atoms. The van der Waals surface area contributed by atoms with Gasteiger partial charge in [0.15, 0.2) is 0 Å². The number of nitrogens with one attached hydrogen (secondary N) is 3. The largest absolute Gasteiger partial charge is 0.480 e. The van der Waals surface area contributed by atoms with Gasteiger partial charge >= 0.3 is 5.97 Å². The molecule has 9 heteroatoms. The van der Waals surface area contributed by atoms with Crippen LogP contribution in [-0.2, 0) is 32.0 Å². The van der Waals surface area contributed by atoms with Crippen molar-refractivity contribution in [2.45, 2.75) is 77.5 Å². The molecule has 0 aromatic heterocycles. The minimum Gasteiger partial charge on any atom is -0.480 e. The summed E-state index contributed by atoms with van der Waals surface area (Å²) in [4.78, 5) is 51.7. The normalized spacial score (nSPS) is 15.6. The molecule has 0 fully saturated rings. The number of aliphatic carboxylic acids is 1. The zero-order valence-electron chi connectivity index (χ0n) is 23.2. The number of carbonyl (C=O) groups is 4. The quantitative estimate of drug-likeness (QED) is 0.235. The van der Waals surface area contributed by atoms with Crippen LogP contribution in [0.4, 0.5) is 0 Å². The van der Waals surface area contributed by atoms with Crippen molar-refractivity contribution in [2.24, 2.45) is 17.6 Å². The first-order valence-electron chi connectivity index (χ1n) is 13.5. The Balaban J connectivity index is 2.26. The summed E-state index contributed by atoms with van der Waals surface area (Å²) >= 11 is 0. The summed E-state index contributed by atoms with van der Waals surface area (Å²) in [5.41, 5.74) is 7.64. The van der Waals surface area contributed by atoms with Gasteiger partial charge in [-0.1, -0.05) is 101 Å². The molecule has 0 saturated heterocycles. The molecule has 3 amide bonds. The average Bonchev–Trinajstić information content (AvgIpc) is 2.94. The second kappa shape index (κ2) is 15.6. The molecule has 0 bridgehead atoms. The lowest BCUT2D eigenvalue weighted by Crippen LogP contribution is -2.59. The molecule has 9 nitrogen and oxygen atoms in total. The van der Waals surface area contributed by atoms with Crippen LogP contribution in [0.3, 0.4) is 0 Å². The minimum absolute atomic E-state index is 0.0696. The van der Waals surface area contributed by atoms with E-state index in [1.807, 2.05) is 64.1 Å². The van der Waals surface area contributed by atoms with E-state index in [2.05, 4.69) is 16.0 Å². The van der Waals surface area contributed by atoms with Gasteiger partial charge in [-0.15, -0.1) is 0 Å². The van der Waals surface area contributed by atoms with Gasteiger partial charge in [0.1, 0.15) is 18.1 Å². The van der Waals surface area contributed by atoms with Crippen molar-refractivity contribution in [1.82, 2.24) is 16.0 Å². The Hall–Kier alpha value is -3.72. The van der Waals surface area contributed by atoms with Gasteiger partial charge in [-0.05, 0) is 23.0 Å². The molecule has 0 radical (unpaired) electrons. The van der Waals surface area contributed by atoms with Crippen molar-refractivity contribution in [3.8, 4) is 0 Å². The molecule has 2 aromatic rings. The molecule has 0 saturated carbocycles. The summed E-state index contributed by atoms with van der Waals surface area (Å²) in [5.74, 6) is -3.06. The zero-order chi connectivity index (χ0) is 28.9. The lowest BCUT2D eigenvalue weighted by molar-refractivity contribution is -0.142. The van der Waals surface area contributed by atoms with Gasteiger partial charge in [0.2, 0.25) is 17.7 Å². The van der Waals surface area contributed by atoms with Crippen molar-refractivity contribution in [3.63, 3.8) is 0 Å². The Kier molecular flexibility index (Phi) is 12.6. The highest BCUT2D eigenvalue weighted by atomic mass is 16.4. The molecule has 6 unspecified atom stereocenters. The Morgan fingerprint density at radius 2 is 1.15 bits per heavy atom. The summed E-state index contributed by atoms with van der Waals surface area (Å²) in [6.07, 6.45) is 1.54. The van der Waals surface area contributed by atoms with Gasteiger partial charge in [-0.25, -0.2) is 4.79 Å².